The van der Waals surface area contributed by atoms with Crippen LogP contribution in [0.3, 0.4) is 0 Å². The molecule has 1 aliphatic heterocycles. The lowest BCUT2D eigenvalue weighted by atomic mass is 10.0. The maximum atomic E-state index is 13.1. The minimum Gasteiger partial charge on any atom is -0.369 e. The van der Waals surface area contributed by atoms with Crippen LogP contribution in [0.2, 0.25) is 0 Å². The summed E-state index contributed by atoms with van der Waals surface area (Å²) in [6, 6.07) is 5.90. The number of piperidine rings is 1. The van der Waals surface area contributed by atoms with Crippen molar-refractivity contribution < 1.29 is 14.0 Å². The van der Waals surface area contributed by atoms with E-state index in [1.807, 2.05) is 4.90 Å². The fourth-order valence-electron chi connectivity index (χ4n) is 2.99. The predicted molar refractivity (Wildman–Crippen MR) is 89.6 cm³/mol. The lowest BCUT2D eigenvalue weighted by molar-refractivity contribution is -0.119. The zero-order valence-electron chi connectivity index (χ0n) is 13.7. The monoisotopic (exact) mass is 345 g/mol. The summed E-state index contributed by atoms with van der Waals surface area (Å²) >= 11 is 0. The Morgan fingerprint density at radius 2 is 1.92 bits per heavy atom. The summed E-state index contributed by atoms with van der Waals surface area (Å²) in [6.45, 7) is 1.67. The first-order chi connectivity index (χ1) is 12.0. The van der Waals surface area contributed by atoms with E-state index in [0.717, 1.165) is 12.8 Å². The molecule has 7 nitrogen and oxygen atoms in total. The summed E-state index contributed by atoms with van der Waals surface area (Å²) in [4.78, 5) is 29.5. The molecule has 1 fully saturated rings. The molecular weight excluding hydrogens is 325 g/mol. The number of rotatable bonds is 5. The van der Waals surface area contributed by atoms with Gasteiger partial charge in [0.15, 0.2) is 0 Å². The predicted octanol–water partition coefficient (Wildman–Crippen LogP) is 0.691. The number of primary amides is 1. The van der Waals surface area contributed by atoms with Crippen molar-refractivity contribution in [2.24, 2.45) is 5.73 Å². The van der Waals surface area contributed by atoms with Gasteiger partial charge in [-0.2, -0.15) is 0 Å². The zero-order chi connectivity index (χ0) is 17.8. The van der Waals surface area contributed by atoms with Gasteiger partial charge in [-0.1, -0.05) is 0 Å². The lowest BCUT2D eigenvalue weighted by Gasteiger charge is -2.31. The number of carbonyl (C=O) groups excluding carboxylic acids is 2. The van der Waals surface area contributed by atoms with Crippen LogP contribution in [0, 0.1) is 5.82 Å². The van der Waals surface area contributed by atoms with Crippen molar-refractivity contribution >= 4 is 11.8 Å². The first-order valence-corrected chi connectivity index (χ1v) is 8.13. The molecule has 1 saturated heterocycles. The summed E-state index contributed by atoms with van der Waals surface area (Å²) in [5.41, 5.74) is 6.26. The highest BCUT2D eigenvalue weighted by molar-refractivity contribution is 5.93. The molecule has 25 heavy (non-hydrogen) atoms. The highest BCUT2D eigenvalue weighted by Gasteiger charge is 2.23. The number of halogens is 1. The Hall–Kier alpha value is -2.74. The van der Waals surface area contributed by atoms with Gasteiger partial charge in [0.2, 0.25) is 5.91 Å². The minimum atomic E-state index is -0.342. The number of carbonyl (C=O) groups is 2. The number of nitrogens with one attached hydrogen (secondary N) is 1. The van der Waals surface area contributed by atoms with Crippen molar-refractivity contribution in [3.05, 3.63) is 48.3 Å². The van der Waals surface area contributed by atoms with Gasteiger partial charge >= 0.3 is 0 Å². The van der Waals surface area contributed by atoms with Crippen molar-refractivity contribution in [3.63, 3.8) is 0 Å². The average molecular weight is 345 g/mol. The highest BCUT2D eigenvalue weighted by Crippen LogP contribution is 2.14. The minimum absolute atomic E-state index is 0.0354. The maximum Gasteiger partial charge on any atom is 0.270 e. The van der Waals surface area contributed by atoms with Crippen LogP contribution >= 0.6 is 0 Å². The van der Waals surface area contributed by atoms with E-state index in [1.54, 1.807) is 16.7 Å². The van der Waals surface area contributed by atoms with Crippen LogP contribution in [0.5, 0.6) is 0 Å². The normalized spacial score (nSPS) is 15.9. The van der Waals surface area contributed by atoms with Crippen LogP contribution in [0.15, 0.2) is 36.8 Å². The molecule has 0 saturated carbocycles. The van der Waals surface area contributed by atoms with Crippen LogP contribution < -0.4 is 11.1 Å². The third-order valence-electron chi connectivity index (χ3n) is 4.28. The molecule has 1 aromatic heterocycles. The van der Waals surface area contributed by atoms with E-state index in [2.05, 4.69) is 10.3 Å². The van der Waals surface area contributed by atoms with Gasteiger partial charge < -0.3 is 11.1 Å². The van der Waals surface area contributed by atoms with Gasteiger partial charge in [-0.15, -0.1) is 0 Å². The van der Waals surface area contributed by atoms with E-state index in [-0.39, 0.29) is 30.2 Å². The summed E-state index contributed by atoms with van der Waals surface area (Å²) < 4.78 is 14.7. The van der Waals surface area contributed by atoms with Gasteiger partial charge in [-0.3, -0.25) is 19.1 Å². The molecule has 3 rings (SSSR count). The number of nitrogens with two attached hydrogens (primary N) is 1. The number of benzene rings is 1. The fraction of sp³-hybridized carbons (Fsp3) is 0.353. The second kappa shape index (κ2) is 7.43. The molecular formula is C17H20FN5O2. The highest BCUT2D eigenvalue weighted by atomic mass is 19.1. The molecule has 2 heterocycles. The van der Waals surface area contributed by atoms with Crippen molar-refractivity contribution in [2.75, 3.05) is 19.6 Å². The number of aromatic nitrogens is 2. The van der Waals surface area contributed by atoms with E-state index >= 15 is 0 Å². The lowest BCUT2D eigenvalue weighted by Crippen LogP contribution is -2.47. The summed E-state index contributed by atoms with van der Waals surface area (Å²) in [6.07, 6.45) is 4.52. The molecule has 1 aromatic carbocycles. The molecule has 132 valence electrons. The maximum absolute atomic E-state index is 13.1. The topological polar surface area (TPSA) is 93.2 Å². The first kappa shape index (κ1) is 17.1. The molecule has 0 aliphatic carbocycles. The molecule has 1 aliphatic rings. The number of imidazole rings is 1. The number of nitrogens with zero attached hydrogens (tertiary/aromatic N) is 3. The van der Waals surface area contributed by atoms with E-state index in [1.165, 1.54) is 24.7 Å². The van der Waals surface area contributed by atoms with Gasteiger partial charge in [0.25, 0.3) is 5.91 Å². The summed E-state index contributed by atoms with van der Waals surface area (Å²) in [5, 5.41) is 3.00. The number of amides is 2. The van der Waals surface area contributed by atoms with Gasteiger partial charge in [0.05, 0.1) is 19.1 Å². The Morgan fingerprint density at radius 3 is 2.56 bits per heavy atom. The molecule has 2 aromatic rings. The third kappa shape index (κ3) is 4.21. The van der Waals surface area contributed by atoms with Crippen molar-refractivity contribution in [3.8, 4) is 5.69 Å². The third-order valence-corrected chi connectivity index (χ3v) is 4.28. The number of hydrogen-bond donors (Lipinski definition) is 2. The Morgan fingerprint density at radius 1 is 1.24 bits per heavy atom. The van der Waals surface area contributed by atoms with Gasteiger partial charge in [-0.25, -0.2) is 9.37 Å². The largest absolute Gasteiger partial charge is 0.369 e. The van der Waals surface area contributed by atoms with Gasteiger partial charge in [-0.05, 0) is 37.1 Å². The summed E-state index contributed by atoms with van der Waals surface area (Å²) in [7, 11) is 0. The number of hydrogen-bond acceptors (Lipinski definition) is 4. The number of likely N-dealkylation sites (tertiary alicyclic amines) is 1. The van der Waals surface area contributed by atoms with Crippen LogP contribution in [0.4, 0.5) is 4.39 Å². The van der Waals surface area contributed by atoms with Crippen LogP contribution in [0.1, 0.15) is 23.3 Å². The Labute approximate surface area is 144 Å². The molecule has 0 spiro atoms. The molecule has 0 bridgehead atoms. The Balaban J connectivity index is 1.62. The van der Waals surface area contributed by atoms with Crippen LogP contribution in [0.25, 0.3) is 5.69 Å². The average Bonchev–Trinajstić information content (AvgIpc) is 3.06. The smallest absolute Gasteiger partial charge is 0.270 e. The van der Waals surface area contributed by atoms with Crippen molar-refractivity contribution in [1.82, 2.24) is 19.8 Å². The Kier molecular flexibility index (Phi) is 5.08. The molecule has 2 amide bonds. The Bertz CT molecular complexity index is 751. The summed E-state index contributed by atoms with van der Waals surface area (Å²) in [5.74, 6) is -0.904. The van der Waals surface area contributed by atoms with E-state index in [4.69, 9.17) is 5.73 Å². The van der Waals surface area contributed by atoms with Gasteiger partial charge in [0, 0.05) is 24.8 Å². The van der Waals surface area contributed by atoms with Crippen molar-refractivity contribution in [1.29, 1.82) is 0 Å². The van der Waals surface area contributed by atoms with E-state index in [9.17, 15) is 14.0 Å². The quantitative estimate of drug-likeness (QED) is 0.834. The molecule has 0 radical (unpaired) electrons. The SMILES string of the molecule is NC(=O)CN1CCC(NC(=O)c2cncn2-c2ccc(F)cc2)CC1. The zero-order valence-corrected chi connectivity index (χ0v) is 13.7. The van der Waals surface area contributed by atoms with Crippen molar-refractivity contribution in [2.45, 2.75) is 18.9 Å². The standard InChI is InChI=1S/C17H20FN5O2/c18-12-1-3-14(4-2-12)23-11-20-9-15(23)17(25)21-13-5-7-22(8-6-13)10-16(19)24/h1-4,9,11,13H,5-8,10H2,(H2,19,24)(H,21,25). The second-order valence-electron chi connectivity index (χ2n) is 6.12. The van der Waals surface area contributed by atoms with Crippen LogP contribution in [-0.4, -0.2) is 51.9 Å². The molecule has 8 heteroatoms. The second-order valence-corrected chi connectivity index (χ2v) is 6.12. The van der Waals surface area contributed by atoms with Gasteiger partial charge in [0.1, 0.15) is 11.5 Å². The molecule has 0 atom stereocenters. The fourth-order valence-corrected chi connectivity index (χ4v) is 2.99. The first-order valence-electron chi connectivity index (χ1n) is 8.13. The molecule has 3 N–H and O–H groups in total. The van der Waals surface area contributed by atoms with E-state index in [0.29, 0.717) is 24.5 Å². The van der Waals surface area contributed by atoms with Crippen LogP contribution in [-0.2, 0) is 4.79 Å². The molecule has 0 unspecified atom stereocenters. The van der Waals surface area contributed by atoms with E-state index < -0.39 is 0 Å².